The van der Waals surface area contributed by atoms with Gasteiger partial charge in [-0.05, 0) is 106 Å². The van der Waals surface area contributed by atoms with Crippen molar-refractivity contribution in [2.45, 2.75) is 38.5 Å². The number of halogens is 1. The number of piperidine rings is 1. The number of nitrogens with zero attached hydrogens (tertiary/aromatic N) is 2. The van der Waals surface area contributed by atoms with Gasteiger partial charge in [0.2, 0.25) is 0 Å². The zero-order valence-electron chi connectivity index (χ0n) is 18.5. The van der Waals surface area contributed by atoms with Gasteiger partial charge in [-0.25, -0.2) is 4.39 Å². The van der Waals surface area contributed by atoms with Crippen molar-refractivity contribution >= 4 is 29.3 Å². The van der Waals surface area contributed by atoms with Crippen molar-refractivity contribution in [2.75, 3.05) is 24.5 Å². The van der Waals surface area contributed by atoms with Crippen LogP contribution >= 0.6 is 0 Å². The van der Waals surface area contributed by atoms with Gasteiger partial charge in [0.25, 0.3) is 0 Å². The molecule has 3 aromatic rings. The number of likely N-dealkylation sites (tertiary alicyclic amines) is 1. The van der Waals surface area contributed by atoms with Crippen LogP contribution in [0.4, 0.5) is 10.1 Å². The van der Waals surface area contributed by atoms with Crippen molar-refractivity contribution < 1.29 is 4.39 Å². The summed E-state index contributed by atoms with van der Waals surface area (Å²) in [6.45, 7) is 3.41. The zero-order chi connectivity index (χ0) is 22.3. The topological polar surface area (TPSA) is 70.0 Å². The van der Waals surface area contributed by atoms with E-state index in [4.69, 9.17) is 10.8 Å². The Morgan fingerprint density at radius 1 is 1.06 bits per heavy atom. The molecule has 0 bridgehead atoms. The minimum Gasteiger partial charge on any atom is -0.361 e. The maximum atomic E-state index is 13.3. The summed E-state index contributed by atoms with van der Waals surface area (Å²) in [4.78, 5) is 7.41. The lowest BCUT2D eigenvalue weighted by atomic mass is 9.90. The number of hydrogen-bond donors (Lipinski definition) is 3. The van der Waals surface area contributed by atoms with Gasteiger partial charge in [-0.1, -0.05) is 12.1 Å². The van der Waals surface area contributed by atoms with Crippen LogP contribution in [-0.4, -0.2) is 42.2 Å². The van der Waals surface area contributed by atoms with Gasteiger partial charge < -0.3 is 9.88 Å². The molecule has 0 spiro atoms. The second-order valence-corrected chi connectivity index (χ2v) is 8.77. The summed E-state index contributed by atoms with van der Waals surface area (Å²) in [6.07, 6.45) is 11.1. The van der Waals surface area contributed by atoms with Crippen molar-refractivity contribution in [3.05, 3.63) is 65.6 Å². The molecule has 1 aromatic heterocycles. The average molecular weight is 434 g/mol. The molecule has 5 nitrogen and oxygen atoms in total. The smallest absolute Gasteiger partial charge is 0.123 e. The Morgan fingerprint density at radius 3 is 2.62 bits per heavy atom. The summed E-state index contributed by atoms with van der Waals surface area (Å²) in [5.41, 5.74) is 4.34. The SMILES string of the molecule is N=CN(C=N)c1ccc2[nH]cc(CCCN3CCC(CCc4cccc(F)c4)CC3)c2c1. The molecule has 32 heavy (non-hydrogen) atoms. The van der Waals surface area contributed by atoms with E-state index in [9.17, 15) is 4.39 Å². The maximum absolute atomic E-state index is 13.3. The molecule has 1 fully saturated rings. The first-order valence-corrected chi connectivity index (χ1v) is 11.5. The maximum Gasteiger partial charge on any atom is 0.123 e. The number of aryl methyl sites for hydroxylation is 2. The lowest BCUT2D eigenvalue weighted by molar-refractivity contribution is 0.178. The van der Waals surface area contributed by atoms with Gasteiger partial charge in [-0.2, -0.15) is 0 Å². The van der Waals surface area contributed by atoms with E-state index >= 15 is 0 Å². The summed E-state index contributed by atoms with van der Waals surface area (Å²) < 4.78 is 13.3. The molecular weight excluding hydrogens is 401 g/mol. The summed E-state index contributed by atoms with van der Waals surface area (Å²) in [7, 11) is 0. The van der Waals surface area contributed by atoms with Gasteiger partial charge in [0.1, 0.15) is 5.82 Å². The Kier molecular flexibility index (Phi) is 7.32. The van der Waals surface area contributed by atoms with E-state index in [1.54, 1.807) is 12.1 Å². The van der Waals surface area contributed by atoms with Crippen LogP contribution in [0.5, 0.6) is 0 Å². The number of hydrogen-bond acceptors (Lipinski definition) is 3. The third-order valence-electron chi connectivity index (χ3n) is 6.69. The highest BCUT2D eigenvalue weighted by atomic mass is 19.1. The first-order chi connectivity index (χ1) is 15.7. The van der Waals surface area contributed by atoms with Crippen LogP contribution in [0.2, 0.25) is 0 Å². The molecule has 0 amide bonds. The summed E-state index contributed by atoms with van der Waals surface area (Å²) >= 11 is 0. The third-order valence-corrected chi connectivity index (χ3v) is 6.69. The normalized spacial score (nSPS) is 15.2. The van der Waals surface area contributed by atoms with Crippen molar-refractivity contribution in [2.24, 2.45) is 5.92 Å². The van der Waals surface area contributed by atoms with Crippen LogP contribution in [-0.2, 0) is 12.8 Å². The van der Waals surface area contributed by atoms with Crippen molar-refractivity contribution in [3.63, 3.8) is 0 Å². The van der Waals surface area contributed by atoms with Crippen molar-refractivity contribution in [1.29, 1.82) is 10.8 Å². The number of benzene rings is 2. The summed E-state index contributed by atoms with van der Waals surface area (Å²) in [5.74, 6) is 0.609. The van der Waals surface area contributed by atoms with Crippen molar-refractivity contribution in [3.8, 4) is 0 Å². The number of nitrogens with one attached hydrogen (secondary N) is 3. The molecule has 0 atom stereocenters. The standard InChI is InChI=1S/C26H32FN5/c27-23-5-1-3-21(15-23)7-6-20-10-13-31(14-11-20)12-2-4-22-17-30-26-9-8-24(16-25(22)26)32(18-28)19-29/h1,3,5,8-9,15-20,28-30H,2,4,6-7,10-14H2. The molecule has 2 heterocycles. The molecule has 168 valence electrons. The van der Waals surface area contributed by atoms with E-state index in [0.717, 1.165) is 80.7 Å². The Bertz CT molecular complexity index is 1040. The number of anilines is 1. The minimum absolute atomic E-state index is 0.134. The van der Waals surface area contributed by atoms with E-state index in [1.807, 2.05) is 18.2 Å². The van der Waals surface area contributed by atoms with Crippen LogP contribution < -0.4 is 4.90 Å². The second-order valence-electron chi connectivity index (χ2n) is 8.77. The fourth-order valence-corrected chi connectivity index (χ4v) is 4.78. The molecule has 0 unspecified atom stereocenters. The molecule has 0 saturated carbocycles. The Hall–Kier alpha value is -2.99. The van der Waals surface area contributed by atoms with Gasteiger partial charge in [-0.3, -0.25) is 15.7 Å². The predicted octanol–water partition coefficient (Wildman–Crippen LogP) is 5.60. The minimum atomic E-state index is -0.134. The van der Waals surface area contributed by atoms with Gasteiger partial charge in [-0.15, -0.1) is 0 Å². The zero-order valence-corrected chi connectivity index (χ0v) is 18.5. The van der Waals surface area contributed by atoms with E-state index in [1.165, 1.54) is 34.8 Å². The molecule has 0 aliphatic carbocycles. The summed E-state index contributed by atoms with van der Waals surface area (Å²) in [5, 5.41) is 16.1. The van der Waals surface area contributed by atoms with Gasteiger partial charge >= 0.3 is 0 Å². The average Bonchev–Trinajstić information content (AvgIpc) is 3.22. The lowest BCUT2D eigenvalue weighted by Gasteiger charge is -2.32. The molecule has 0 radical (unpaired) electrons. The number of H-pyrrole nitrogens is 1. The van der Waals surface area contributed by atoms with Crippen molar-refractivity contribution in [1.82, 2.24) is 9.88 Å². The number of aromatic nitrogens is 1. The first kappa shape index (κ1) is 22.2. The fraction of sp³-hybridized carbons (Fsp3) is 0.385. The van der Waals surface area contributed by atoms with E-state index in [0.29, 0.717) is 0 Å². The number of rotatable bonds is 10. The third kappa shape index (κ3) is 5.43. The van der Waals surface area contributed by atoms with Crippen LogP contribution in [0.1, 0.15) is 36.8 Å². The monoisotopic (exact) mass is 433 g/mol. The largest absolute Gasteiger partial charge is 0.361 e. The number of aromatic amines is 1. The van der Waals surface area contributed by atoms with Crippen LogP contribution in [0, 0.1) is 22.6 Å². The highest BCUT2D eigenvalue weighted by molar-refractivity contribution is 6.00. The molecule has 3 N–H and O–H groups in total. The van der Waals surface area contributed by atoms with Crippen LogP contribution in [0.25, 0.3) is 10.9 Å². The Morgan fingerprint density at radius 2 is 1.88 bits per heavy atom. The van der Waals surface area contributed by atoms with Crippen LogP contribution in [0.15, 0.2) is 48.7 Å². The molecule has 6 heteroatoms. The summed E-state index contributed by atoms with van der Waals surface area (Å²) in [6, 6.07) is 13.0. The Balaban J connectivity index is 1.23. The van der Waals surface area contributed by atoms with Crippen LogP contribution in [0.3, 0.4) is 0 Å². The second kappa shape index (κ2) is 10.6. The van der Waals surface area contributed by atoms with Gasteiger partial charge in [0, 0.05) is 22.8 Å². The first-order valence-electron chi connectivity index (χ1n) is 11.5. The highest BCUT2D eigenvalue weighted by Gasteiger charge is 2.19. The lowest BCUT2D eigenvalue weighted by Crippen LogP contribution is -2.34. The van der Waals surface area contributed by atoms with Gasteiger partial charge in [0.05, 0.1) is 12.7 Å². The fourth-order valence-electron chi connectivity index (χ4n) is 4.78. The van der Waals surface area contributed by atoms with E-state index in [2.05, 4.69) is 22.1 Å². The number of fused-ring (bicyclic) bond motifs is 1. The van der Waals surface area contributed by atoms with E-state index in [-0.39, 0.29) is 5.82 Å². The molecule has 2 aromatic carbocycles. The quantitative estimate of drug-likeness (QED) is 0.287. The predicted molar refractivity (Wildman–Crippen MR) is 131 cm³/mol. The molecule has 1 aliphatic rings. The molecule has 1 aliphatic heterocycles. The molecule has 1 saturated heterocycles. The van der Waals surface area contributed by atoms with E-state index < -0.39 is 0 Å². The molecular formula is C26H32FN5. The highest BCUT2D eigenvalue weighted by Crippen LogP contribution is 2.26. The Labute approximate surface area is 189 Å². The van der Waals surface area contributed by atoms with Gasteiger partial charge in [0.15, 0.2) is 0 Å². The molecule has 4 rings (SSSR count).